The highest BCUT2D eigenvalue weighted by Gasteiger charge is 2.68. The third kappa shape index (κ3) is 1.63. The monoisotopic (exact) mass is 225 g/mol. The number of halogens is 6. The van der Waals surface area contributed by atoms with Gasteiger partial charge in [-0.2, -0.15) is 0 Å². The van der Waals surface area contributed by atoms with E-state index in [1.54, 1.807) is 0 Å². The molecule has 0 spiro atoms. The van der Waals surface area contributed by atoms with Gasteiger partial charge in [-0.15, -0.1) is 0 Å². The molecule has 0 heterocycles. The Balaban J connectivity index is 5.32. The molecule has 0 aliphatic rings. The molecule has 0 rings (SSSR count). The second-order valence-corrected chi connectivity index (χ2v) is 2.54. The van der Waals surface area contributed by atoms with Gasteiger partial charge in [0.2, 0.25) is 5.67 Å². The molecule has 0 aromatic carbocycles. The lowest BCUT2D eigenvalue weighted by atomic mass is 9.97. The van der Waals surface area contributed by atoms with Gasteiger partial charge in [-0.1, -0.05) is 8.96 Å². The molecule has 0 radical (unpaired) electrons. The summed E-state index contributed by atoms with van der Waals surface area (Å²) in [6.07, 6.45) is -4.21. The molecule has 0 aromatic heterocycles. The number of hydrogen-bond donors (Lipinski definition) is 1. The molecule has 0 amide bonds. The fourth-order valence-electron chi connectivity index (χ4n) is 0.591. The first-order chi connectivity index (χ1) is 6.08. The highest BCUT2D eigenvalue weighted by molar-refractivity contribution is 5.78. The van der Waals surface area contributed by atoms with Crippen LogP contribution in [0.25, 0.3) is 0 Å². The van der Waals surface area contributed by atoms with Crippen molar-refractivity contribution in [2.75, 3.05) is 0 Å². The van der Waals surface area contributed by atoms with Crippen molar-refractivity contribution in [3.05, 3.63) is 0 Å². The summed E-state index contributed by atoms with van der Waals surface area (Å²) < 4.78 is 72.5. The minimum atomic E-state index is -5.08. The maximum absolute atomic E-state index is 12.8. The van der Waals surface area contributed by atoms with Crippen LogP contribution in [0.5, 0.6) is 0 Å². The Morgan fingerprint density at radius 3 is 1.79 bits per heavy atom. The molecule has 1 unspecified atom stereocenters. The zero-order valence-corrected chi connectivity index (χ0v) is 6.65. The van der Waals surface area contributed by atoms with Crippen LogP contribution in [0, 0.1) is 0 Å². The van der Waals surface area contributed by atoms with Gasteiger partial charge in [0.05, 0.1) is 5.34 Å². The molecule has 0 aliphatic carbocycles. The van der Waals surface area contributed by atoms with Crippen molar-refractivity contribution in [1.82, 2.24) is 5.34 Å². The second-order valence-electron chi connectivity index (χ2n) is 2.54. The average Bonchev–Trinajstić information content (AvgIpc) is 2.01. The first-order valence-electron chi connectivity index (χ1n) is 3.09. The number of carbonyl (C=O) groups is 1. The molecule has 0 aliphatic heterocycles. The van der Waals surface area contributed by atoms with E-state index in [1.165, 1.54) is 0 Å². The Labute approximate surface area is 73.8 Å². The number of carboxylic acids is 1. The van der Waals surface area contributed by atoms with E-state index in [4.69, 9.17) is 5.11 Å². The van der Waals surface area contributed by atoms with E-state index in [0.717, 1.165) is 0 Å². The second kappa shape index (κ2) is 3.64. The molecule has 1 N–H and O–H groups in total. The van der Waals surface area contributed by atoms with Crippen LogP contribution in [-0.2, 0) is 4.79 Å². The number of aliphatic carboxylic acids is 1. The van der Waals surface area contributed by atoms with Crippen LogP contribution in [0.15, 0.2) is 0 Å². The standard InChI is InChI=1S/C5H5F6NO2/c1-4(8,2(6)7)5(9,3(13)14)12(10)11/h2H,1H3,(H,13,14)/t4?,5-/m1/s1. The summed E-state index contributed by atoms with van der Waals surface area (Å²) in [6, 6.07) is 0. The van der Waals surface area contributed by atoms with Gasteiger partial charge >= 0.3 is 11.8 Å². The number of hydrogen-bond acceptors (Lipinski definition) is 2. The van der Waals surface area contributed by atoms with E-state index in [-0.39, 0.29) is 6.92 Å². The number of carboxylic acid groups (broad SMARTS) is 1. The van der Waals surface area contributed by atoms with Gasteiger partial charge in [0.15, 0.2) is 0 Å². The first-order valence-corrected chi connectivity index (χ1v) is 3.09. The lowest BCUT2D eigenvalue weighted by Gasteiger charge is -2.31. The van der Waals surface area contributed by atoms with Gasteiger partial charge in [-0.05, 0) is 6.92 Å². The van der Waals surface area contributed by atoms with Crippen LogP contribution >= 0.6 is 0 Å². The van der Waals surface area contributed by atoms with E-state index in [1.807, 2.05) is 0 Å². The average molecular weight is 225 g/mol. The SMILES string of the molecule is CC(F)(C(F)F)[C@@](F)(C(=O)O)N(F)F. The van der Waals surface area contributed by atoms with Gasteiger partial charge in [0.25, 0.3) is 6.43 Å². The highest BCUT2D eigenvalue weighted by Crippen LogP contribution is 2.39. The minimum absolute atomic E-state index is 0.266. The predicted octanol–water partition coefficient (Wildman–Crippen LogP) is 1.80. The van der Waals surface area contributed by atoms with Crippen molar-refractivity contribution in [2.45, 2.75) is 24.8 Å². The maximum Gasteiger partial charge on any atom is 0.366 e. The smallest absolute Gasteiger partial charge is 0.366 e. The summed E-state index contributed by atoms with van der Waals surface area (Å²) in [7, 11) is 0. The third-order valence-corrected chi connectivity index (χ3v) is 1.57. The molecule has 84 valence electrons. The molecule has 0 fully saturated rings. The lowest BCUT2D eigenvalue weighted by Crippen LogP contribution is -2.61. The third-order valence-electron chi connectivity index (χ3n) is 1.57. The fraction of sp³-hybridized carbons (Fsp3) is 0.800. The summed E-state index contributed by atoms with van der Waals surface area (Å²) in [5.41, 5.74) is -4.53. The summed E-state index contributed by atoms with van der Waals surface area (Å²) in [5.74, 6) is -8.12. The highest BCUT2D eigenvalue weighted by atomic mass is 19.4. The fourth-order valence-corrected chi connectivity index (χ4v) is 0.591. The molecule has 9 heteroatoms. The Hall–Kier alpha value is -0.990. The Bertz CT molecular complexity index is 232. The molecule has 0 bridgehead atoms. The first kappa shape index (κ1) is 13.0. The van der Waals surface area contributed by atoms with Crippen molar-refractivity contribution in [3.63, 3.8) is 0 Å². The summed E-state index contributed by atoms with van der Waals surface area (Å²) in [4.78, 5) is 9.94. The van der Waals surface area contributed by atoms with E-state index in [2.05, 4.69) is 0 Å². The molecular weight excluding hydrogens is 220 g/mol. The normalized spacial score (nSPS) is 20.6. The Kier molecular flexibility index (Phi) is 3.38. The number of rotatable bonds is 4. The summed E-state index contributed by atoms with van der Waals surface area (Å²) in [5, 5.41) is 5.18. The van der Waals surface area contributed by atoms with E-state index >= 15 is 0 Å². The van der Waals surface area contributed by atoms with Gasteiger partial charge in [-0.3, -0.25) is 0 Å². The molecule has 2 atom stereocenters. The van der Waals surface area contributed by atoms with Crippen LogP contribution < -0.4 is 0 Å². The molecular formula is C5H5F6NO2. The van der Waals surface area contributed by atoms with Gasteiger partial charge in [0.1, 0.15) is 0 Å². The van der Waals surface area contributed by atoms with Gasteiger partial charge < -0.3 is 5.11 Å². The van der Waals surface area contributed by atoms with Crippen molar-refractivity contribution >= 4 is 5.97 Å². The summed E-state index contributed by atoms with van der Waals surface area (Å²) in [6.45, 7) is -0.266. The van der Waals surface area contributed by atoms with Crippen molar-refractivity contribution in [3.8, 4) is 0 Å². The largest absolute Gasteiger partial charge is 0.478 e. The van der Waals surface area contributed by atoms with E-state index in [0.29, 0.717) is 0 Å². The Morgan fingerprint density at radius 2 is 1.71 bits per heavy atom. The lowest BCUT2D eigenvalue weighted by molar-refractivity contribution is -0.323. The van der Waals surface area contributed by atoms with Crippen LogP contribution in [0.4, 0.5) is 26.5 Å². The summed E-state index contributed by atoms with van der Waals surface area (Å²) >= 11 is 0. The number of nitrogens with zero attached hydrogens (tertiary/aromatic N) is 1. The van der Waals surface area contributed by atoms with E-state index in [9.17, 15) is 31.3 Å². The van der Waals surface area contributed by atoms with Gasteiger partial charge in [0, 0.05) is 0 Å². The molecule has 0 aromatic rings. The molecule has 14 heavy (non-hydrogen) atoms. The van der Waals surface area contributed by atoms with Crippen LogP contribution in [0.3, 0.4) is 0 Å². The molecule has 0 saturated heterocycles. The maximum atomic E-state index is 12.8. The van der Waals surface area contributed by atoms with Crippen molar-refractivity contribution in [1.29, 1.82) is 0 Å². The van der Waals surface area contributed by atoms with Gasteiger partial charge in [-0.25, -0.2) is 22.4 Å². The zero-order chi connectivity index (χ0) is 11.7. The van der Waals surface area contributed by atoms with Crippen LogP contribution in [0.2, 0.25) is 0 Å². The van der Waals surface area contributed by atoms with Crippen LogP contribution in [0.1, 0.15) is 6.92 Å². The van der Waals surface area contributed by atoms with Crippen molar-refractivity contribution in [2.24, 2.45) is 0 Å². The minimum Gasteiger partial charge on any atom is -0.478 e. The van der Waals surface area contributed by atoms with Crippen molar-refractivity contribution < 1.29 is 36.4 Å². The zero-order valence-electron chi connectivity index (χ0n) is 6.65. The quantitative estimate of drug-likeness (QED) is 0.450. The van der Waals surface area contributed by atoms with E-state index < -0.39 is 29.2 Å². The van der Waals surface area contributed by atoms with Crippen LogP contribution in [-0.4, -0.2) is 34.3 Å². The Morgan fingerprint density at radius 1 is 1.36 bits per heavy atom. The molecule has 3 nitrogen and oxygen atoms in total. The molecule has 0 saturated carbocycles. The predicted molar refractivity (Wildman–Crippen MR) is 31.0 cm³/mol. The topological polar surface area (TPSA) is 40.5 Å². The number of alkyl halides is 4.